The first kappa shape index (κ1) is 32.3. The molecule has 0 spiro atoms. The third-order valence-corrected chi connectivity index (χ3v) is 9.10. The average molecular weight is 644 g/mol. The zero-order valence-corrected chi connectivity index (χ0v) is 26.6. The van der Waals surface area contributed by atoms with Crippen LogP contribution < -0.4 is 10.3 Å². The molecule has 0 radical (unpaired) electrons. The number of pyridine rings is 1. The summed E-state index contributed by atoms with van der Waals surface area (Å²) in [6.45, 7) is 1.72. The van der Waals surface area contributed by atoms with Crippen LogP contribution in [0.3, 0.4) is 0 Å². The van der Waals surface area contributed by atoms with E-state index in [4.69, 9.17) is 0 Å². The van der Waals surface area contributed by atoms with E-state index < -0.39 is 27.3 Å². The van der Waals surface area contributed by atoms with Crippen LogP contribution in [0.2, 0.25) is 0 Å². The maximum absolute atomic E-state index is 15.7. The van der Waals surface area contributed by atoms with Crippen LogP contribution in [-0.4, -0.2) is 53.3 Å². The van der Waals surface area contributed by atoms with Crippen LogP contribution in [0.25, 0.3) is 22.2 Å². The lowest BCUT2D eigenvalue weighted by molar-refractivity contribution is -0.129. The molecule has 3 aromatic carbocycles. The molecule has 5 aromatic rings. The summed E-state index contributed by atoms with van der Waals surface area (Å²) in [6.07, 6.45) is 2.36. The predicted molar refractivity (Wildman–Crippen MR) is 173 cm³/mol. The Morgan fingerprint density at radius 3 is 2.39 bits per heavy atom. The van der Waals surface area contributed by atoms with Crippen molar-refractivity contribution in [2.75, 3.05) is 14.1 Å². The van der Waals surface area contributed by atoms with E-state index in [1.807, 2.05) is 37.3 Å². The minimum Gasteiger partial charge on any atom is -0.347 e. The van der Waals surface area contributed by atoms with Crippen molar-refractivity contribution in [3.05, 3.63) is 118 Å². The van der Waals surface area contributed by atoms with Crippen LogP contribution in [0, 0.1) is 5.82 Å². The van der Waals surface area contributed by atoms with Crippen LogP contribution in [0.1, 0.15) is 30.3 Å². The highest BCUT2D eigenvalue weighted by Gasteiger charge is 2.23. The fourth-order valence-electron chi connectivity index (χ4n) is 5.19. The van der Waals surface area contributed by atoms with Gasteiger partial charge in [0, 0.05) is 44.3 Å². The van der Waals surface area contributed by atoms with Crippen molar-refractivity contribution in [3.63, 3.8) is 0 Å². The number of hydrogen-bond donors (Lipinski definition) is 1. The van der Waals surface area contributed by atoms with Crippen LogP contribution in [0.15, 0.2) is 94.7 Å². The van der Waals surface area contributed by atoms with Crippen molar-refractivity contribution in [1.82, 2.24) is 23.7 Å². The van der Waals surface area contributed by atoms with Crippen LogP contribution in [-0.2, 0) is 45.5 Å². The molecule has 10 nitrogen and oxygen atoms in total. The second kappa shape index (κ2) is 13.5. The van der Waals surface area contributed by atoms with Crippen molar-refractivity contribution >= 4 is 32.9 Å². The standard InChI is InChI=1S/C34H34FN5O5S/c1-4-30-36-28-18-19-39(22-32(42)38(2)3)34(43)33(28)40(30)21-25-16-15-24(20-27(25)35)26-12-8-9-13-29(26)46(44,45)37-31(41)17-14-23-10-6-5-7-11-23/h5-13,15-16,18-20H,4,14,17,21-22H2,1-3H3,(H,37,41). The van der Waals surface area contributed by atoms with Gasteiger partial charge in [0.1, 0.15) is 23.7 Å². The molecule has 0 atom stereocenters. The monoisotopic (exact) mass is 643 g/mol. The molecular weight excluding hydrogens is 609 g/mol. The van der Waals surface area contributed by atoms with Gasteiger partial charge in [0.05, 0.1) is 17.0 Å². The van der Waals surface area contributed by atoms with E-state index in [1.54, 1.807) is 42.9 Å². The van der Waals surface area contributed by atoms with Crippen molar-refractivity contribution < 1.29 is 22.4 Å². The molecule has 1 N–H and O–H groups in total. The van der Waals surface area contributed by atoms with E-state index in [1.165, 1.54) is 39.9 Å². The summed E-state index contributed by atoms with van der Waals surface area (Å²) in [6, 6.07) is 21.4. The number of imidazole rings is 1. The van der Waals surface area contributed by atoms with Gasteiger partial charge in [-0.25, -0.2) is 22.5 Å². The number of benzene rings is 3. The van der Waals surface area contributed by atoms with E-state index in [0.717, 1.165) is 5.56 Å². The van der Waals surface area contributed by atoms with Crippen molar-refractivity contribution in [2.45, 2.75) is 44.2 Å². The van der Waals surface area contributed by atoms with Gasteiger partial charge < -0.3 is 14.0 Å². The van der Waals surface area contributed by atoms with Crippen molar-refractivity contribution in [1.29, 1.82) is 0 Å². The summed E-state index contributed by atoms with van der Waals surface area (Å²) >= 11 is 0. The predicted octanol–water partition coefficient (Wildman–Crippen LogP) is 4.14. The Morgan fingerprint density at radius 2 is 1.70 bits per heavy atom. The topological polar surface area (TPSA) is 123 Å². The quantitative estimate of drug-likeness (QED) is 0.231. The van der Waals surface area contributed by atoms with Gasteiger partial charge in [-0.1, -0.05) is 67.6 Å². The smallest absolute Gasteiger partial charge is 0.277 e. The van der Waals surface area contributed by atoms with Crippen LogP contribution in [0.4, 0.5) is 4.39 Å². The van der Waals surface area contributed by atoms with E-state index in [2.05, 4.69) is 9.71 Å². The molecule has 2 aromatic heterocycles. The number of sulfonamides is 1. The summed E-state index contributed by atoms with van der Waals surface area (Å²) in [5.74, 6) is -0.935. The Balaban J connectivity index is 1.42. The lowest BCUT2D eigenvalue weighted by Gasteiger charge is -2.14. The normalized spacial score (nSPS) is 11.5. The van der Waals surface area contributed by atoms with Crippen molar-refractivity contribution in [2.24, 2.45) is 0 Å². The third kappa shape index (κ3) is 6.91. The number of carbonyl (C=O) groups excluding carboxylic acids is 2. The molecule has 12 heteroatoms. The number of fused-ring (bicyclic) bond motifs is 1. The van der Waals surface area contributed by atoms with Gasteiger partial charge in [0.15, 0.2) is 0 Å². The van der Waals surface area contributed by atoms with Crippen LogP contribution >= 0.6 is 0 Å². The maximum Gasteiger partial charge on any atom is 0.277 e. The number of amides is 2. The van der Waals surface area contributed by atoms with E-state index >= 15 is 4.39 Å². The Hall–Kier alpha value is -5.10. The zero-order chi connectivity index (χ0) is 33.0. The minimum absolute atomic E-state index is 0.00984. The molecule has 2 heterocycles. The Morgan fingerprint density at radius 1 is 0.978 bits per heavy atom. The Kier molecular flexibility index (Phi) is 9.47. The number of halogens is 1. The highest BCUT2D eigenvalue weighted by atomic mass is 32.2. The molecule has 0 aliphatic rings. The number of nitrogens with one attached hydrogen (secondary N) is 1. The molecule has 46 heavy (non-hydrogen) atoms. The molecule has 238 valence electrons. The average Bonchev–Trinajstić information content (AvgIpc) is 3.40. The van der Waals surface area contributed by atoms with E-state index in [9.17, 15) is 22.8 Å². The number of hydrogen-bond acceptors (Lipinski definition) is 6. The SMILES string of the molecule is CCc1nc2ccn(CC(=O)N(C)C)c(=O)c2n1Cc1ccc(-c2ccccc2S(=O)(=O)NC(=O)CCc2ccccc2)cc1F. The van der Waals surface area contributed by atoms with Gasteiger partial charge >= 0.3 is 0 Å². The fourth-order valence-corrected chi connectivity index (χ4v) is 6.43. The summed E-state index contributed by atoms with van der Waals surface area (Å²) in [5, 5.41) is 0. The Labute approximate surface area is 266 Å². The largest absolute Gasteiger partial charge is 0.347 e. The molecule has 0 bridgehead atoms. The highest BCUT2D eigenvalue weighted by Crippen LogP contribution is 2.29. The summed E-state index contributed by atoms with van der Waals surface area (Å²) < 4.78 is 47.4. The van der Waals surface area contributed by atoms with Gasteiger partial charge in [-0.2, -0.15) is 0 Å². The first-order valence-electron chi connectivity index (χ1n) is 14.7. The molecular formula is C34H34FN5O5S. The van der Waals surface area contributed by atoms with Gasteiger partial charge in [-0.05, 0) is 35.7 Å². The number of aromatic nitrogens is 3. The second-order valence-electron chi connectivity index (χ2n) is 11.1. The number of nitrogens with zero attached hydrogens (tertiary/aromatic N) is 4. The van der Waals surface area contributed by atoms with Gasteiger partial charge in [0.2, 0.25) is 11.8 Å². The summed E-state index contributed by atoms with van der Waals surface area (Å²) in [5.41, 5.74) is 1.98. The lowest BCUT2D eigenvalue weighted by Crippen LogP contribution is -2.31. The first-order valence-corrected chi connectivity index (χ1v) is 16.2. The Bertz CT molecular complexity index is 2090. The maximum atomic E-state index is 15.7. The third-order valence-electron chi connectivity index (χ3n) is 7.67. The zero-order valence-electron chi connectivity index (χ0n) is 25.7. The number of carbonyl (C=O) groups is 2. The first-order chi connectivity index (χ1) is 22.0. The molecule has 0 unspecified atom stereocenters. The van der Waals surface area contributed by atoms with Gasteiger partial charge in [0.25, 0.3) is 15.6 Å². The lowest BCUT2D eigenvalue weighted by atomic mass is 10.0. The molecule has 0 aliphatic heterocycles. The van der Waals surface area contributed by atoms with E-state index in [-0.39, 0.29) is 47.0 Å². The van der Waals surface area contributed by atoms with Gasteiger partial charge in [-0.3, -0.25) is 14.4 Å². The van der Waals surface area contributed by atoms with Crippen LogP contribution in [0.5, 0.6) is 0 Å². The summed E-state index contributed by atoms with van der Waals surface area (Å²) in [4.78, 5) is 44.1. The number of aryl methyl sites for hydroxylation is 2. The van der Waals surface area contributed by atoms with Gasteiger partial charge in [-0.15, -0.1) is 0 Å². The fraction of sp³-hybridized carbons (Fsp3) is 0.235. The van der Waals surface area contributed by atoms with E-state index in [0.29, 0.717) is 29.7 Å². The molecule has 0 fully saturated rings. The molecule has 0 saturated carbocycles. The number of likely N-dealkylation sites (N-methyl/N-ethyl adjacent to an activating group) is 1. The molecule has 0 aliphatic carbocycles. The van der Waals surface area contributed by atoms with Crippen molar-refractivity contribution in [3.8, 4) is 11.1 Å². The number of rotatable bonds is 11. The molecule has 5 rings (SSSR count). The highest BCUT2D eigenvalue weighted by molar-refractivity contribution is 7.90. The minimum atomic E-state index is -4.26. The molecule has 2 amide bonds. The second-order valence-corrected chi connectivity index (χ2v) is 12.7. The summed E-state index contributed by atoms with van der Waals surface area (Å²) in [7, 11) is -1.05. The molecule has 0 saturated heterocycles.